The summed E-state index contributed by atoms with van der Waals surface area (Å²) >= 11 is 0. The van der Waals surface area contributed by atoms with Crippen LogP contribution in [-0.4, -0.2) is 43.7 Å². The van der Waals surface area contributed by atoms with Gasteiger partial charge in [0.05, 0.1) is 31.5 Å². The van der Waals surface area contributed by atoms with Crippen LogP contribution in [0.4, 0.5) is 0 Å². The molecule has 0 amide bonds. The van der Waals surface area contributed by atoms with Crippen molar-refractivity contribution in [1.82, 2.24) is 0 Å². The maximum Gasteiger partial charge on any atom is 0.338 e. The molecule has 5 rings (SSSR count). The Hall–Kier alpha value is -4.50. The van der Waals surface area contributed by atoms with Crippen molar-refractivity contribution in [3.05, 3.63) is 132 Å². The van der Waals surface area contributed by atoms with Crippen LogP contribution in [0.5, 0.6) is 11.5 Å². The number of hydrogen-bond donors (Lipinski definition) is 0. The molecule has 8 heteroatoms. The highest BCUT2D eigenvalue weighted by atomic mass is 16.7. The van der Waals surface area contributed by atoms with Crippen molar-refractivity contribution in [2.45, 2.75) is 51.7 Å². The number of esters is 1. The van der Waals surface area contributed by atoms with Gasteiger partial charge >= 0.3 is 5.97 Å². The van der Waals surface area contributed by atoms with Gasteiger partial charge < -0.3 is 28.4 Å². The molecule has 0 saturated carbocycles. The van der Waals surface area contributed by atoms with Crippen LogP contribution < -0.4 is 9.47 Å². The molecule has 1 saturated heterocycles. The van der Waals surface area contributed by atoms with Crippen LogP contribution in [0.2, 0.25) is 0 Å². The minimum absolute atomic E-state index is 0.0785. The van der Waals surface area contributed by atoms with E-state index >= 15 is 0 Å². The highest BCUT2D eigenvalue weighted by Gasteiger charge is 2.51. The van der Waals surface area contributed by atoms with Gasteiger partial charge in [-0.3, -0.25) is 4.79 Å². The first-order chi connectivity index (χ1) is 22.0. The molecule has 1 aliphatic heterocycles. The van der Waals surface area contributed by atoms with Crippen LogP contribution in [0.25, 0.3) is 0 Å². The third-order valence-corrected chi connectivity index (χ3v) is 7.67. The second-order valence-electron chi connectivity index (χ2n) is 11.2. The Balaban J connectivity index is 1.46. The van der Waals surface area contributed by atoms with Crippen molar-refractivity contribution < 1.29 is 38.0 Å². The van der Waals surface area contributed by atoms with E-state index < -0.39 is 30.6 Å². The molecule has 4 aromatic carbocycles. The first-order valence-corrected chi connectivity index (χ1v) is 15.1. The summed E-state index contributed by atoms with van der Waals surface area (Å²) < 4.78 is 37.0. The van der Waals surface area contributed by atoms with Crippen LogP contribution in [-0.2, 0) is 37.0 Å². The van der Waals surface area contributed by atoms with Crippen molar-refractivity contribution >= 4 is 12.4 Å². The average molecular weight is 611 g/mol. The van der Waals surface area contributed by atoms with Crippen LogP contribution in [0.3, 0.4) is 0 Å². The van der Waals surface area contributed by atoms with E-state index in [9.17, 15) is 9.59 Å². The topological polar surface area (TPSA) is 89.5 Å². The number of carbonyl (C=O) groups excluding carboxylic acids is 2. The van der Waals surface area contributed by atoms with Gasteiger partial charge in [0.2, 0.25) is 6.29 Å². The molecule has 5 atom stereocenters. The number of hydrogen-bond acceptors (Lipinski definition) is 8. The summed E-state index contributed by atoms with van der Waals surface area (Å²) in [6.07, 6.45) is -3.00. The summed E-state index contributed by atoms with van der Waals surface area (Å²) in [7, 11) is 0. The molecule has 1 aliphatic rings. The first-order valence-electron chi connectivity index (χ1n) is 15.1. The van der Waals surface area contributed by atoms with Crippen molar-refractivity contribution in [1.29, 1.82) is 0 Å². The standard InChI is InChI=1S/C37H38O8/c1-26(2)33-32(24-40-22-27-12-6-3-7-13-27)44-37(43-31-20-18-30(19-21-31)42-25-38)35(45-36(39)29-16-10-5-11-17-29)34(33)41-23-28-14-8-4-9-15-28/h3-21,25-26,32-35,37H,22-24H2,1-2H3. The lowest BCUT2D eigenvalue weighted by molar-refractivity contribution is -0.282. The van der Waals surface area contributed by atoms with Gasteiger partial charge in [-0.25, -0.2) is 4.79 Å². The second-order valence-corrected chi connectivity index (χ2v) is 11.2. The summed E-state index contributed by atoms with van der Waals surface area (Å²) in [5, 5.41) is 0. The quantitative estimate of drug-likeness (QED) is 0.116. The minimum Gasteiger partial charge on any atom is -0.461 e. The fourth-order valence-corrected chi connectivity index (χ4v) is 5.49. The molecule has 4 aromatic rings. The van der Waals surface area contributed by atoms with Crippen LogP contribution in [0.15, 0.2) is 115 Å². The Bertz CT molecular complexity index is 1460. The Morgan fingerprint density at radius 1 is 0.756 bits per heavy atom. The number of benzene rings is 4. The molecule has 1 fully saturated rings. The molecule has 5 unspecified atom stereocenters. The Labute approximate surface area is 263 Å². The lowest BCUT2D eigenvalue weighted by Gasteiger charge is -2.47. The van der Waals surface area contributed by atoms with Crippen molar-refractivity contribution in [2.24, 2.45) is 11.8 Å². The predicted octanol–water partition coefficient (Wildman–Crippen LogP) is 6.63. The fourth-order valence-electron chi connectivity index (χ4n) is 5.49. The molecule has 0 spiro atoms. The van der Waals surface area contributed by atoms with Crippen LogP contribution >= 0.6 is 0 Å². The van der Waals surface area contributed by atoms with Crippen molar-refractivity contribution in [2.75, 3.05) is 6.61 Å². The molecule has 45 heavy (non-hydrogen) atoms. The zero-order chi connectivity index (χ0) is 31.4. The van der Waals surface area contributed by atoms with Gasteiger partial charge in [-0.1, -0.05) is 92.7 Å². The zero-order valence-corrected chi connectivity index (χ0v) is 25.4. The summed E-state index contributed by atoms with van der Waals surface area (Å²) in [6, 6.07) is 35.1. The lowest BCUT2D eigenvalue weighted by atomic mass is 9.80. The fraction of sp³-hybridized carbons (Fsp3) is 0.297. The van der Waals surface area contributed by atoms with E-state index in [1.54, 1.807) is 48.5 Å². The smallest absolute Gasteiger partial charge is 0.338 e. The third-order valence-electron chi connectivity index (χ3n) is 7.67. The summed E-state index contributed by atoms with van der Waals surface area (Å²) in [4.78, 5) is 24.3. The van der Waals surface area contributed by atoms with E-state index in [1.165, 1.54) is 0 Å². The number of rotatable bonds is 14. The third kappa shape index (κ3) is 8.79. The van der Waals surface area contributed by atoms with E-state index in [-0.39, 0.29) is 18.4 Å². The van der Waals surface area contributed by atoms with Gasteiger partial charge in [0, 0.05) is 5.92 Å². The Kier molecular flexibility index (Phi) is 11.3. The normalized spacial score (nSPS) is 21.2. The molecule has 0 bridgehead atoms. The molecule has 0 aliphatic carbocycles. The lowest BCUT2D eigenvalue weighted by Crippen LogP contribution is -2.60. The molecule has 0 aromatic heterocycles. The van der Waals surface area contributed by atoms with Crippen LogP contribution in [0.1, 0.15) is 35.3 Å². The minimum atomic E-state index is -1.03. The Morgan fingerprint density at radius 3 is 1.93 bits per heavy atom. The molecule has 0 N–H and O–H groups in total. The van der Waals surface area contributed by atoms with Crippen molar-refractivity contribution in [3.63, 3.8) is 0 Å². The summed E-state index contributed by atoms with van der Waals surface area (Å²) in [5.74, 6) is 0.163. The van der Waals surface area contributed by atoms with Gasteiger partial charge in [-0.15, -0.1) is 0 Å². The van der Waals surface area contributed by atoms with E-state index in [0.29, 0.717) is 36.7 Å². The van der Waals surface area contributed by atoms with Gasteiger partial charge in [-0.2, -0.15) is 0 Å². The highest BCUT2D eigenvalue weighted by molar-refractivity contribution is 5.89. The number of carbonyl (C=O) groups is 2. The predicted molar refractivity (Wildman–Crippen MR) is 168 cm³/mol. The molecule has 1 heterocycles. The monoisotopic (exact) mass is 610 g/mol. The molecular weight excluding hydrogens is 572 g/mol. The van der Waals surface area contributed by atoms with Crippen LogP contribution in [0, 0.1) is 11.8 Å². The second kappa shape index (κ2) is 16.0. The highest BCUT2D eigenvalue weighted by Crippen LogP contribution is 2.37. The van der Waals surface area contributed by atoms with Gasteiger partial charge in [0.15, 0.2) is 6.10 Å². The van der Waals surface area contributed by atoms with E-state index in [0.717, 1.165) is 11.1 Å². The first kappa shape index (κ1) is 31.9. The van der Waals surface area contributed by atoms with E-state index in [2.05, 4.69) is 13.8 Å². The molecule has 0 radical (unpaired) electrons. The van der Waals surface area contributed by atoms with E-state index in [1.807, 2.05) is 66.7 Å². The zero-order valence-electron chi connectivity index (χ0n) is 25.4. The van der Waals surface area contributed by atoms with E-state index in [4.69, 9.17) is 28.4 Å². The summed E-state index contributed by atoms with van der Waals surface area (Å²) in [5.41, 5.74) is 2.44. The average Bonchev–Trinajstić information content (AvgIpc) is 3.07. The number of ether oxygens (including phenoxy) is 6. The van der Waals surface area contributed by atoms with Gasteiger partial charge in [0.1, 0.15) is 17.6 Å². The SMILES string of the molecule is CC(C)C1C(COCc2ccccc2)OC(Oc2ccc(OC=O)cc2)C(OC(=O)c2ccccc2)C1OCc1ccccc1. The summed E-state index contributed by atoms with van der Waals surface area (Å²) in [6.45, 7) is 5.54. The largest absolute Gasteiger partial charge is 0.461 e. The molecule has 234 valence electrons. The Morgan fingerprint density at radius 2 is 1.33 bits per heavy atom. The molecule has 8 nitrogen and oxygen atoms in total. The van der Waals surface area contributed by atoms with Gasteiger partial charge in [0.25, 0.3) is 6.47 Å². The maximum absolute atomic E-state index is 13.5. The molecular formula is C37H38O8. The van der Waals surface area contributed by atoms with Crippen molar-refractivity contribution in [3.8, 4) is 11.5 Å². The maximum atomic E-state index is 13.5. The van der Waals surface area contributed by atoms with Gasteiger partial charge in [-0.05, 0) is 53.4 Å².